The molecular weight excluding hydrogens is 268 g/mol. The predicted octanol–water partition coefficient (Wildman–Crippen LogP) is 1.19. The van der Waals surface area contributed by atoms with E-state index in [0.717, 1.165) is 32.4 Å². The summed E-state index contributed by atoms with van der Waals surface area (Å²) < 4.78 is 10.6. The maximum atomic E-state index is 12.2. The first-order valence-electron chi connectivity index (χ1n) is 6.84. The topological polar surface area (TPSA) is 64.8 Å². The summed E-state index contributed by atoms with van der Waals surface area (Å²) in [7, 11) is 1.56. The van der Waals surface area contributed by atoms with Crippen LogP contribution < -0.4 is 5.73 Å². The SMILES string of the molecule is CCCN(CC1CCCCO1)C(=O)C(N)COC.Cl. The number of hydrogen-bond acceptors (Lipinski definition) is 4. The van der Waals surface area contributed by atoms with Gasteiger partial charge in [-0.2, -0.15) is 0 Å². The van der Waals surface area contributed by atoms with Crippen molar-refractivity contribution in [3.63, 3.8) is 0 Å². The van der Waals surface area contributed by atoms with Crippen LogP contribution in [0.3, 0.4) is 0 Å². The van der Waals surface area contributed by atoms with Crippen molar-refractivity contribution < 1.29 is 14.3 Å². The monoisotopic (exact) mass is 294 g/mol. The van der Waals surface area contributed by atoms with Gasteiger partial charge >= 0.3 is 0 Å². The molecule has 0 saturated carbocycles. The molecule has 1 saturated heterocycles. The molecule has 19 heavy (non-hydrogen) atoms. The number of nitrogens with zero attached hydrogens (tertiary/aromatic N) is 1. The van der Waals surface area contributed by atoms with Gasteiger partial charge in [0.25, 0.3) is 0 Å². The Morgan fingerprint density at radius 3 is 2.79 bits per heavy atom. The average Bonchev–Trinajstić information content (AvgIpc) is 2.39. The third-order valence-electron chi connectivity index (χ3n) is 3.17. The van der Waals surface area contributed by atoms with Gasteiger partial charge in [0.15, 0.2) is 0 Å². The van der Waals surface area contributed by atoms with Crippen molar-refractivity contribution in [1.29, 1.82) is 0 Å². The van der Waals surface area contributed by atoms with Crippen LogP contribution in [0.5, 0.6) is 0 Å². The van der Waals surface area contributed by atoms with E-state index in [4.69, 9.17) is 15.2 Å². The Labute approximate surface area is 122 Å². The minimum absolute atomic E-state index is 0. The number of amides is 1. The van der Waals surface area contributed by atoms with Gasteiger partial charge in [-0.3, -0.25) is 4.79 Å². The summed E-state index contributed by atoms with van der Waals surface area (Å²) in [6, 6.07) is -0.565. The molecule has 1 heterocycles. The molecular formula is C13H27ClN2O3. The van der Waals surface area contributed by atoms with E-state index in [2.05, 4.69) is 6.92 Å². The Morgan fingerprint density at radius 2 is 2.26 bits per heavy atom. The van der Waals surface area contributed by atoms with Crippen LogP contribution in [0.15, 0.2) is 0 Å². The molecule has 1 fully saturated rings. The molecule has 1 amide bonds. The Kier molecular flexibility index (Phi) is 10.2. The summed E-state index contributed by atoms with van der Waals surface area (Å²) in [5.74, 6) is -0.0344. The number of halogens is 1. The summed E-state index contributed by atoms with van der Waals surface area (Å²) in [6.07, 6.45) is 4.44. The van der Waals surface area contributed by atoms with Gasteiger partial charge < -0.3 is 20.1 Å². The number of carbonyl (C=O) groups excluding carboxylic acids is 1. The number of ether oxygens (including phenoxy) is 2. The molecule has 6 heteroatoms. The first-order chi connectivity index (χ1) is 8.69. The van der Waals surface area contributed by atoms with Crippen molar-refractivity contribution in [3.05, 3.63) is 0 Å². The van der Waals surface area contributed by atoms with Crippen molar-refractivity contribution in [2.24, 2.45) is 5.73 Å². The van der Waals surface area contributed by atoms with Crippen LogP contribution in [0.25, 0.3) is 0 Å². The maximum Gasteiger partial charge on any atom is 0.241 e. The van der Waals surface area contributed by atoms with E-state index in [9.17, 15) is 4.79 Å². The van der Waals surface area contributed by atoms with E-state index < -0.39 is 6.04 Å². The van der Waals surface area contributed by atoms with Crippen molar-refractivity contribution in [2.75, 3.05) is 33.4 Å². The fraction of sp³-hybridized carbons (Fsp3) is 0.923. The largest absolute Gasteiger partial charge is 0.383 e. The molecule has 114 valence electrons. The lowest BCUT2D eigenvalue weighted by atomic mass is 10.1. The number of rotatable bonds is 7. The highest BCUT2D eigenvalue weighted by Crippen LogP contribution is 2.14. The zero-order chi connectivity index (χ0) is 13.4. The van der Waals surface area contributed by atoms with Crippen molar-refractivity contribution in [2.45, 2.75) is 44.8 Å². The second-order valence-electron chi connectivity index (χ2n) is 4.83. The van der Waals surface area contributed by atoms with E-state index in [1.54, 1.807) is 7.11 Å². The molecule has 0 aliphatic carbocycles. The van der Waals surface area contributed by atoms with E-state index in [1.165, 1.54) is 6.42 Å². The second-order valence-corrected chi connectivity index (χ2v) is 4.83. The molecule has 1 aliphatic rings. The number of carbonyl (C=O) groups is 1. The molecule has 0 radical (unpaired) electrons. The molecule has 0 aromatic carbocycles. The van der Waals surface area contributed by atoms with Crippen LogP contribution >= 0.6 is 12.4 Å². The highest BCUT2D eigenvalue weighted by atomic mass is 35.5. The summed E-state index contributed by atoms with van der Waals surface area (Å²) >= 11 is 0. The summed E-state index contributed by atoms with van der Waals surface area (Å²) in [5, 5.41) is 0. The van der Waals surface area contributed by atoms with Crippen molar-refractivity contribution >= 4 is 18.3 Å². The molecule has 0 aromatic rings. The van der Waals surface area contributed by atoms with Crippen LogP contribution in [0.4, 0.5) is 0 Å². The van der Waals surface area contributed by atoms with Crippen molar-refractivity contribution in [3.8, 4) is 0 Å². The van der Waals surface area contributed by atoms with Crippen LogP contribution in [0, 0.1) is 0 Å². The van der Waals surface area contributed by atoms with Gasteiger partial charge in [0, 0.05) is 26.8 Å². The predicted molar refractivity (Wildman–Crippen MR) is 77.6 cm³/mol. The molecule has 1 aliphatic heterocycles. The lowest BCUT2D eigenvalue weighted by Crippen LogP contribution is -2.49. The Morgan fingerprint density at radius 1 is 1.53 bits per heavy atom. The number of nitrogens with two attached hydrogens (primary N) is 1. The molecule has 2 unspecified atom stereocenters. The maximum absolute atomic E-state index is 12.2. The standard InChI is InChI=1S/C13H26N2O3.ClH/c1-3-7-15(13(16)12(14)10-17-2)9-11-6-4-5-8-18-11;/h11-12H,3-10,14H2,1-2H3;1H. The molecule has 1 rings (SSSR count). The number of methoxy groups -OCH3 is 1. The summed E-state index contributed by atoms with van der Waals surface area (Å²) in [6.45, 7) is 4.53. The van der Waals surface area contributed by atoms with Crippen LogP contribution in [0.1, 0.15) is 32.6 Å². The minimum atomic E-state index is -0.565. The smallest absolute Gasteiger partial charge is 0.241 e. The first-order valence-corrected chi connectivity index (χ1v) is 6.84. The molecule has 0 spiro atoms. The van der Waals surface area contributed by atoms with Gasteiger partial charge in [-0.05, 0) is 25.7 Å². The lowest BCUT2D eigenvalue weighted by molar-refractivity contribution is -0.136. The Hall–Kier alpha value is -0.360. The highest BCUT2D eigenvalue weighted by Gasteiger charge is 2.24. The van der Waals surface area contributed by atoms with E-state index >= 15 is 0 Å². The van der Waals surface area contributed by atoms with Gasteiger partial charge in [0.1, 0.15) is 6.04 Å². The highest BCUT2D eigenvalue weighted by molar-refractivity contribution is 5.85. The van der Waals surface area contributed by atoms with Crippen molar-refractivity contribution in [1.82, 2.24) is 4.90 Å². The molecule has 2 N–H and O–H groups in total. The van der Waals surface area contributed by atoms with Crippen LogP contribution in [-0.4, -0.2) is 56.4 Å². The van der Waals surface area contributed by atoms with E-state index in [0.29, 0.717) is 6.54 Å². The molecule has 2 atom stereocenters. The first kappa shape index (κ1) is 18.6. The zero-order valence-corrected chi connectivity index (χ0v) is 12.8. The van der Waals surface area contributed by atoms with Gasteiger partial charge in [-0.25, -0.2) is 0 Å². The summed E-state index contributed by atoms with van der Waals surface area (Å²) in [5.41, 5.74) is 5.81. The van der Waals surface area contributed by atoms with Gasteiger partial charge in [-0.1, -0.05) is 6.92 Å². The van der Waals surface area contributed by atoms with Gasteiger partial charge in [0.05, 0.1) is 12.7 Å². The lowest BCUT2D eigenvalue weighted by Gasteiger charge is -2.31. The van der Waals surface area contributed by atoms with E-state index in [-0.39, 0.29) is 31.0 Å². The average molecular weight is 295 g/mol. The molecule has 5 nitrogen and oxygen atoms in total. The fourth-order valence-corrected chi connectivity index (χ4v) is 2.24. The van der Waals surface area contributed by atoms with Crippen LogP contribution in [0.2, 0.25) is 0 Å². The quantitative estimate of drug-likeness (QED) is 0.766. The summed E-state index contributed by atoms with van der Waals surface area (Å²) in [4.78, 5) is 14.0. The molecule has 0 bridgehead atoms. The third-order valence-corrected chi connectivity index (χ3v) is 3.17. The fourth-order valence-electron chi connectivity index (χ4n) is 2.24. The Bertz CT molecular complexity index is 248. The van der Waals surface area contributed by atoms with E-state index in [1.807, 2.05) is 4.90 Å². The minimum Gasteiger partial charge on any atom is -0.383 e. The normalized spacial score (nSPS) is 20.5. The third kappa shape index (κ3) is 6.56. The van der Waals surface area contributed by atoms with Gasteiger partial charge in [-0.15, -0.1) is 12.4 Å². The van der Waals surface area contributed by atoms with Gasteiger partial charge in [0.2, 0.25) is 5.91 Å². The van der Waals surface area contributed by atoms with Crippen LogP contribution in [-0.2, 0) is 14.3 Å². The molecule has 0 aromatic heterocycles. The zero-order valence-electron chi connectivity index (χ0n) is 12.0. The second kappa shape index (κ2) is 10.4. The Balaban J connectivity index is 0.00000324. The number of hydrogen-bond donors (Lipinski definition) is 1.